The van der Waals surface area contributed by atoms with Crippen molar-refractivity contribution in [3.05, 3.63) is 40.9 Å². The average Bonchev–Trinajstić information content (AvgIpc) is 3.52. The molecule has 1 atom stereocenters. The van der Waals surface area contributed by atoms with Crippen molar-refractivity contribution in [1.82, 2.24) is 9.29 Å². The van der Waals surface area contributed by atoms with Crippen molar-refractivity contribution in [2.75, 3.05) is 30.9 Å². The van der Waals surface area contributed by atoms with Crippen LogP contribution in [0.2, 0.25) is 0 Å². The highest BCUT2D eigenvalue weighted by Gasteiger charge is 2.57. The fourth-order valence-corrected chi connectivity index (χ4v) is 9.74. The lowest BCUT2D eigenvalue weighted by Crippen LogP contribution is -2.56. The van der Waals surface area contributed by atoms with E-state index in [9.17, 15) is 30.0 Å². The minimum absolute atomic E-state index is 0.0861. The molecule has 1 saturated carbocycles. The minimum atomic E-state index is -4.65. The molecule has 3 aliphatic rings. The number of fused-ring (bicyclic) bond motifs is 2. The van der Waals surface area contributed by atoms with Gasteiger partial charge in [-0.2, -0.15) is 25.9 Å². The quantitative estimate of drug-likeness (QED) is 0.303. The van der Waals surface area contributed by atoms with E-state index >= 15 is 0 Å². The van der Waals surface area contributed by atoms with Gasteiger partial charge in [0.15, 0.2) is 0 Å². The summed E-state index contributed by atoms with van der Waals surface area (Å²) in [5.74, 6) is 0.0861. The van der Waals surface area contributed by atoms with E-state index in [1.54, 1.807) is 37.2 Å². The number of alkyl halides is 3. The molecule has 3 aromatic rings. The number of benzene rings is 1. The van der Waals surface area contributed by atoms with Gasteiger partial charge >= 0.3 is 6.18 Å². The number of ether oxygens (including phenoxy) is 1. The molecule has 6 rings (SSSR count). The van der Waals surface area contributed by atoms with E-state index in [-0.39, 0.29) is 31.5 Å². The Kier molecular flexibility index (Phi) is 7.55. The number of pyridine rings is 1. The van der Waals surface area contributed by atoms with E-state index in [0.717, 1.165) is 37.7 Å². The Balaban J connectivity index is 1.48. The fourth-order valence-electron chi connectivity index (χ4n) is 6.47. The third-order valence-corrected chi connectivity index (χ3v) is 13.1. The summed E-state index contributed by atoms with van der Waals surface area (Å²) in [5, 5.41) is 0. The van der Waals surface area contributed by atoms with Crippen molar-refractivity contribution in [2.45, 2.75) is 75.6 Å². The van der Waals surface area contributed by atoms with E-state index in [2.05, 4.69) is 4.98 Å². The van der Waals surface area contributed by atoms with E-state index in [1.165, 1.54) is 17.5 Å². The molecule has 240 valence electrons. The summed E-state index contributed by atoms with van der Waals surface area (Å²) in [6.45, 7) is 5.60. The largest absolute Gasteiger partial charge is 0.490 e. The number of thiophene rings is 1. The van der Waals surface area contributed by atoms with Gasteiger partial charge < -0.3 is 9.64 Å². The Morgan fingerprint density at radius 1 is 1.11 bits per heavy atom. The highest BCUT2D eigenvalue weighted by molar-refractivity contribution is 7.90. The average molecular weight is 674 g/mol. The third-order valence-electron chi connectivity index (χ3n) is 8.76. The molecule has 1 saturated heterocycles. The zero-order valence-electron chi connectivity index (χ0n) is 24.8. The second-order valence-corrected chi connectivity index (χ2v) is 18.1. The maximum absolute atomic E-state index is 14.2. The molecule has 9 nitrogen and oxygen atoms in total. The lowest BCUT2D eigenvalue weighted by atomic mass is 9.75. The number of rotatable bonds is 6. The summed E-state index contributed by atoms with van der Waals surface area (Å²) in [5.41, 5.74) is 0.375. The molecule has 4 heterocycles. The molecule has 15 heteroatoms. The van der Waals surface area contributed by atoms with Gasteiger partial charge in [0, 0.05) is 40.3 Å². The van der Waals surface area contributed by atoms with Crippen LogP contribution < -0.4 is 9.64 Å². The Bertz CT molecular complexity index is 1830. The van der Waals surface area contributed by atoms with Gasteiger partial charge in [-0.3, -0.25) is 9.17 Å². The summed E-state index contributed by atoms with van der Waals surface area (Å²) in [6.07, 6.45) is 0.775. The van der Waals surface area contributed by atoms with Crippen LogP contribution in [0.5, 0.6) is 5.75 Å². The molecule has 44 heavy (non-hydrogen) atoms. The number of hydrogen-bond donors (Lipinski definition) is 0. The SMILES string of the molecule is CC(C)(C)S(=O)(=O)N1CC(N2CCOc3cc(C(F)(F)F)cc(-c4ccnc5cc(COS(C)(=O)=O)sc45)c32)CC12CCC2. The normalized spacial score (nSPS) is 21.0. The van der Waals surface area contributed by atoms with Gasteiger partial charge in [-0.1, -0.05) is 0 Å². The summed E-state index contributed by atoms with van der Waals surface area (Å²) < 4.78 is 105. The van der Waals surface area contributed by atoms with Crippen LogP contribution in [0.4, 0.5) is 18.9 Å². The summed E-state index contributed by atoms with van der Waals surface area (Å²) in [6, 6.07) is 5.15. The molecule has 0 bridgehead atoms. The van der Waals surface area contributed by atoms with Gasteiger partial charge in [0.1, 0.15) is 19.0 Å². The Hall–Kier alpha value is -2.46. The van der Waals surface area contributed by atoms with Crippen LogP contribution in [0, 0.1) is 0 Å². The zero-order chi connectivity index (χ0) is 31.9. The van der Waals surface area contributed by atoms with Crippen molar-refractivity contribution in [1.29, 1.82) is 0 Å². The van der Waals surface area contributed by atoms with Crippen molar-refractivity contribution < 1.29 is 38.9 Å². The number of sulfonamides is 1. The third kappa shape index (κ3) is 5.48. The maximum atomic E-state index is 14.2. The van der Waals surface area contributed by atoms with Gasteiger partial charge in [-0.05, 0) is 70.7 Å². The lowest BCUT2D eigenvalue weighted by molar-refractivity contribution is -0.137. The zero-order valence-corrected chi connectivity index (χ0v) is 27.2. The molecule has 1 aromatic carbocycles. The van der Waals surface area contributed by atoms with E-state index in [4.69, 9.17) is 8.92 Å². The molecule has 2 fully saturated rings. The van der Waals surface area contributed by atoms with Crippen molar-refractivity contribution >= 4 is 47.4 Å². The lowest BCUT2D eigenvalue weighted by Gasteiger charge is -2.46. The van der Waals surface area contributed by atoms with Crippen LogP contribution in [-0.4, -0.2) is 68.4 Å². The first-order valence-corrected chi connectivity index (χ1v) is 18.4. The van der Waals surface area contributed by atoms with Crippen LogP contribution in [-0.2, 0) is 37.1 Å². The smallest absolute Gasteiger partial charge is 0.416 e. The number of anilines is 1. The van der Waals surface area contributed by atoms with Crippen LogP contribution in [0.1, 0.15) is 56.9 Å². The van der Waals surface area contributed by atoms with Gasteiger partial charge in [0.2, 0.25) is 10.0 Å². The Morgan fingerprint density at radius 2 is 1.84 bits per heavy atom. The van der Waals surface area contributed by atoms with Crippen molar-refractivity contribution in [3.8, 4) is 16.9 Å². The molecule has 1 unspecified atom stereocenters. The summed E-state index contributed by atoms with van der Waals surface area (Å²) in [4.78, 5) is 6.95. The number of halogens is 3. The number of nitrogens with zero attached hydrogens (tertiary/aromatic N) is 3. The predicted octanol–water partition coefficient (Wildman–Crippen LogP) is 5.78. The van der Waals surface area contributed by atoms with Gasteiger partial charge in [-0.15, -0.1) is 11.3 Å². The molecule has 1 spiro atoms. The molecule has 1 aliphatic carbocycles. The Morgan fingerprint density at radius 3 is 2.45 bits per heavy atom. The molecular formula is C29H34F3N3O6S3. The summed E-state index contributed by atoms with van der Waals surface area (Å²) >= 11 is 1.20. The van der Waals surface area contributed by atoms with E-state index < -0.39 is 42.2 Å². The fraction of sp³-hybridized carbons (Fsp3) is 0.552. The van der Waals surface area contributed by atoms with Gasteiger partial charge in [0.05, 0.1) is 39.0 Å². The number of hydrogen-bond acceptors (Lipinski definition) is 9. The van der Waals surface area contributed by atoms with Crippen molar-refractivity contribution in [2.24, 2.45) is 0 Å². The first-order valence-electron chi connectivity index (χ1n) is 14.3. The van der Waals surface area contributed by atoms with Crippen LogP contribution in [0.25, 0.3) is 21.3 Å². The second-order valence-electron chi connectivity index (χ2n) is 12.7. The van der Waals surface area contributed by atoms with Gasteiger partial charge in [0.25, 0.3) is 10.1 Å². The topological polar surface area (TPSA) is 106 Å². The molecule has 0 radical (unpaired) electrons. The molecule has 2 aromatic heterocycles. The standard InChI is InChI=1S/C29H34F3N3O6S3/c1-27(2,3)44(38,39)35-16-19(15-28(35)7-5-8-28)34-10-11-40-24-13-18(29(30,31)32)12-22(25(24)34)21-6-9-33-23-14-20(42-26(21)23)17-41-43(4,36)37/h6,9,12-14,19H,5,7-8,10-11,15-17H2,1-4H3. The van der Waals surface area contributed by atoms with Crippen molar-refractivity contribution in [3.63, 3.8) is 0 Å². The molecule has 0 amide bonds. The molecule has 0 N–H and O–H groups in total. The van der Waals surface area contributed by atoms with E-state index in [0.29, 0.717) is 44.9 Å². The summed E-state index contributed by atoms with van der Waals surface area (Å²) in [7, 11) is -7.37. The highest BCUT2D eigenvalue weighted by Crippen LogP contribution is 2.53. The van der Waals surface area contributed by atoms with E-state index in [1.807, 2.05) is 4.90 Å². The first-order chi connectivity index (χ1) is 20.4. The molecular weight excluding hydrogens is 640 g/mol. The first kappa shape index (κ1) is 31.5. The molecule has 2 aliphatic heterocycles. The predicted molar refractivity (Wildman–Crippen MR) is 163 cm³/mol. The number of aromatic nitrogens is 1. The monoisotopic (exact) mass is 673 g/mol. The van der Waals surface area contributed by atoms with Crippen LogP contribution in [0.3, 0.4) is 0 Å². The van der Waals surface area contributed by atoms with Crippen LogP contribution >= 0.6 is 11.3 Å². The maximum Gasteiger partial charge on any atom is 0.416 e. The minimum Gasteiger partial charge on any atom is -0.490 e. The van der Waals surface area contributed by atoms with Crippen LogP contribution in [0.15, 0.2) is 30.5 Å². The highest BCUT2D eigenvalue weighted by atomic mass is 32.2. The Labute approximate surface area is 259 Å². The second kappa shape index (κ2) is 10.5. The van der Waals surface area contributed by atoms with Gasteiger partial charge in [-0.25, -0.2) is 8.42 Å².